The van der Waals surface area contributed by atoms with E-state index >= 15 is 0 Å². The van der Waals surface area contributed by atoms with Gasteiger partial charge in [0.05, 0.1) is 6.04 Å². The van der Waals surface area contributed by atoms with Crippen molar-refractivity contribution in [3.05, 3.63) is 29.8 Å². The predicted molar refractivity (Wildman–Crippen MR) is 80.4 cm³/mol. The number of hydrogen-bond donors (Lipinski definition) is 2. The molecule has 1 aromatic rings. The first-order chi connectivity index (χ1) is 8.99. The van der Waals surface area contributed by atoms with Crippen molar-refractivity contribution in [2.45, 2.75) is 26.3 Å². The van der Waals surface area contributed by atoms with Gasteiger partial charge in [-0.15, -0.1) is 0 Å². The van der Waals surface area contributed by atoms with Crippen LogP contribution < -0.4 is 10.6 Å². The molecule has 1 aromatic carbocycles. The third kappa shape index (κ3) is 6.36. The minimum absolute atomic E-state index is 0.00806. The van der Waals surface area contributed by atoms with E-state index in [9.17, 15) is 4.79 Å². The third-order valence-corrected chi connectivity index (χ3v) is 2.95. The first kappa shape index (κ1) is 15.7. The molecule has 0 aliphatic heterocycles. The Morgan fingerprint density at radius 2 is 1.89 bits per heavy atom. The SMILES string of the molecule is Cc1ccc(NC(=O)C(C)NCCCN(C)C)cc1. The normalized spacial score (nSPS) is 12.5. The quantitative estimate of drug-likeness (QED) is 0.738. The second kappa shape index (κ2) is 7.92. The summed E-state index contributed by atoms with van der Waals surface area (Å²) in [5.41, 5.74) is 2.03. The lowest BCUT2D eigenvalue weighted by atomic mass is 10.2. The van der Waals surface area contributed by atoms with Crippen LogP contribution in [-0.4, -0.2) is 44.0 Å². The minimum Gasteiger partial charge on any atom is -0.325 e. The van der Waals surface area contributed by atoms with Crippen molar-refractivity contribution in [2.75, 3.05) is 32.5 Å². The minimum atomic E-state index is -0.177. The molecular formula is C15H25N3O. The Morgan fingerprint density at radius 1 is 1.26 bits per heavy atom. The van der Waals surface area contributed by atoms with Crippen molar-refractivity contribution < 1.29 is 4.79 Å². The van der Waals surface area contributed by atoms with Crippen LogP contribution in [0.5, 0.6) is 0 Å². The zero-order valence-corrected chi connectivity index (χ0v) is 12.4. The molecule has 1 atom stereocenters. The van der Waals surface area contributed by atoms with Crippen LogP contribution in [0.15, 0.2) is 24.3 Å². The highest BCUT2D eigenvalue weighted by molar-refractivity contribution is 5.94. The van der Waals surface area contributed by atoms with E-state index < -0.39 is 0 Å². The molecule has 0 aliphatic rings. The Kier molecular flexibility index (Phi) is 6.53. The van der Waals surface area contributed by atoms with Gasteiger partial charge in [0.15, 0.2) is 0 Å². The average Bonchev–Trinajstić information content (AvgIpc) is 2.36. The van der Waals surface area contributed by atoms with Crippen LogP contribution in [0.3, 0.4) is 0 Å². The molecule has 0 radical (unpaired) electrons. The number of benzene rings is 1. The number of carbonyl (C=O) groups excluding carboxylic acids is 1. The lowest BCUT2D eigenvalue weighted by Crippen LogP contribution is -2.39. The number of aryl methyl sites for hydroxylation is 1. The van der Waals surface area contributed by atoms with Gasteiger partial charge in [-0.25, -0.2) is 0 Å². The van der Waals surface area contributed by atoms with E-state index in [1.54, 1.807) is 0 Å². The van der Waals surface area contributed by atoms with Crippen molar-refractivity contribution in [1.29, 1.82) is 0 Å². The summed E-state index contributed by atoms with van der Waals surface area (Å²) < 4.78 is 0. The molecular weight excluding hydrogens is 238 g/mol. The summed E-state index contributed by atoms with van der Waals surface area (Å²) in [5.74, 6) is 0.00806. The van der Waals surface area contributed by atoms with Gasteiger partial charge in [0, 0.05) is 5.69 Å². The lowest BCUT2D eigenvalue weighted by molar-refractivity contribution is -0.117. The van der Waals surface area contributed by atoms with Crippen molar-refractivity contribution >= 4 is 11.6 Å². The number of rotatable bonds is 7. The summed E-state index contributed by atoms with van der Waals surface area (Å²) in [5, 5.41) is 6.14. The summed E-state index contributed by atoms with van der Waals surface area (Å²) in [6.45, 7) is 5.79. The fourth-order valence-corrected chi connectivity index (χ4v) is 1.69. The first-order valence-electron chi connectivity index (χ1n) is 6.74. The molecule has 0 fully saturated rings. The highest BCUT2D eigenvalue weighted by atomic mass is 16.2. The number of nitrogens with zero attached hydrogens (tertiary/aromatic N) is 1. The van der Waals surface area contributed by atoms with E-state index in [2.05, 4.69) is 15.5 Å². The summed E-state index contributed by atoms with van der Waals surface area (Å²) in [6, 6.07) is 7.65. The summed E-state index contributed by atoms with van der Waals surface area (Å²) in [6.07, 6.45) is 1.04. The molecule has 19 heavy (non-hydrogen) atoms. The van der Waals surface area contributed by atoms with Crippen LogP contribution in [0, 0.1) is 6.92 Å². The van der Waals surface area contributed by atoms with Gasteiger partial charge in [-0.1, -0.05) is 17.7 Å². The average molecular weight is 263 g/mol. The summed E-state index contributed by atoms with van der Waals surface area (Å²) in [4.78, 5) is 14.1. The molecule has 0 bridgehead atoms. The van der Waals surface area contributed by atoms with Crippen molar-refractivity contribution in [2.24, 2.45) is 0 Å². The Labute approximate surface area is 116 Å². The highest BCUT2D eigenvalue weighted by Crippen LogP contribution is 2.08. The lowest BCUT2D eigenvalue weighted by Gasteiger charge is -2.15. The van der Waals surface area contributed by atoms with Gasteiger partial charge in [0.25, 0.3) is 0 Å². The van der Waals surface area contributed by atoms with Crippen LogP contribution in [0.1, 0.15) is 18.9 Å². The molecule has 1 rings (SSSR count). The maximum Gasteiger partial charge on any atom is 0.241 e. The third-order valence-electron chi connectivity index (χ3n) is 2.95. The topological polar surface area (TPSA) is 44.4 Å². The molecule has 0 spiro atoms. The zero-order valence-electron chi connectivity index (χ0n) is 12.4. The van der Waals surface area contributed by atoms with Crippen LogP contribution in [0.25, 0.3) is 0 Å². The smallest absolute Gasteiger partial charge is 0.241 e. The van der Waals surface area contributed by atoms with E-state index in [0.29, 0.717) is 0 Å². The molecule has 2 N–H and O–H groups in total. The maximum absolute atomic E-state index is 11.9. The van der Waals surface area contributed by atoms with E-state index in [0.717, 1.165) is 25.2 Å². The summed E-state index contributed by atoms with van der Waals surface area (Å²) in [7, 11) is 4.10. The Balaban J connectivity index is 2.30. The molecule has 1 amide bonds. The van der Waals surface area contributed by atoms with Crippen LogP contribution in [0.4, 0.5) is 5.69 Å². The van der Waals surface area contributed by atoms with Crippen LogP contribution >= 0.6 is 0 Å². The number of hydrogen-bond acceptors (Lipinski definition) is 3. The Hall–Kier alpha value is -1.39. The number of carbonyl (C=O) groups is 1. The summed E-state index contributed by atoms with van der Waals surface area (Å²) >= 11 is 0. The molecule has 0 aliphatic carbocycles. The zero-order chi connectivity index (χ0) is 14.3. The van der Waals surface area contributed by atoms with E-state index in [1.807, 2.05) is 52.2 Å². The monoisotopic (exact) mass is 263 g/mol. The largest absolute Gasteiger partial charge is 0.325 e. The van der Waals surface area contributed by atoms with Crippen molar-refractivity contribution in [3.8, 4) is 0 Å². The Bertz CT molecular complexity index is 387. The standard InChI is InChI=1S/C15H25N3O/c1-12-6-8-14(9-7-12)17-15(19)13(2)16-10-5-11-18(3)4/h6-9,13,16H,5,10-11H2,1-4H3,(H,17,19). The molecule has 106 valence electrons. The van der Waals surface area contributed by atoms with Crippen molar-refractivity contribution in [1.82, 2.24) is 10.2 Å². The molecule has 0 heterocycles. The van der Waals surface area contributed by atoms with Gasteiger partial charge < -0.3 is 15.5 Å². The molecule has 4 heteroatoms. The van der Waals surface area contributed by atoms with Crippen LogP contribution in [-0.2, 0) is 4.79 Å². The van der Waals surface area contributed by atoms with Gasteiger partial charge in [-0.2, -0.15) is 0 Å². The van der Waals surface area contributed by atoms with Gasteiger partial charge in [0.1, 0.15) is 0 Å². The van der Waals surface area contributed by atoms with Gasteiger partial charge in [-0.3, -0.25) is 4.79 Å². The molecule has 1 unspecified atom stereocenters. The van der Waals surface area contributed by atoms with Gasteiger partial charge in [-0.05, 0) is 59.6 Å². The van der Waals surface area contributed by atoms with Gasteiger partial charge >= 0.3 is 0 Å². The van der Waals surface area contributed by atoms with Crippen LogP contribution in [0.2, 0.25) is 0 Å². The number of amides is 1. The first-order valence-corrected chi connectivity index (χ1v) is 6.74. The molecule has 0 saturated carbocycles. The molecule has 0 saturated heterocycles. The maximum atomic E-state index is 11.9. The van der Waals surface area contributed by atoms with Crippen molar-refractivity contribution in [3.63, 3.8) is 0 Å². The fourth-order valence-electron chi connectivity index (χ4n) is 1.69. The Morgan fingerprint density at radius 3 is 2.47 bits per heavy atom. The van der Waals surface area contributed by atoms with Gasteiger partial charge in [0.2, 0.25) is 5.91 Å². The highest BCUT2D eigenvalue weighted by Gasteiger charge is 2.11. The number of anilines is 1. The van der Waals surface area contributed by atoms with E-state index in [1.165, 1.54) is 5.56 Å². The molecule has 4 nitrogen and oxygen atoms in total. The predicted octanol–water partition coefficient (Wildman–Crippen LogP) is 1.86. The number of nitrogens with one attached hydrogen (secondary N) is 2. The van der Waals surface area contributed by atoms with E-state index in [-0.39, 0.29) is 11.9 Å². The second-order valence-corrected chi connectivity index (χ2v) is 5.19. The second-order valence-electron chi connectivity index (χ2n) is 5.19. The molecule has 0 aromatic heterocycles. The van der Waals surface area contributed by atoms with E-state index in [4.69, 9.17) is 0 Å². The fraction of sp³-hybridized carbons (Fsp3) is 0.533.